The van der Waals surface area contributed by atoms with Crippen molar-refractivity contribution < 1.29 is 8.42 Å². The lowest BCUT2D eigenvalue weighted by Crippen LogP contribution is -2.17. The van der Waals surface area contributed by atoms with Crippen LogP contribution in [0.1, 0.15) is 25.0 Å². The minimum absolute atomic E-state index is 0.198. The van der Waals surface area contributed by atoms with Gasteiger partial charge in [0.05, 0.1) is 5.75 Å². The number of hydrogen-bond donors (Lipinski definition) is 1. The average molecular weight is 253 g/mol. The molecule has 0 aliphatic rings. The van der Waals surface area contributed by atoms with Crippen molar-refractivity contribution in [2.24, 2.45) is 11.1 Å². The van der Waals surface area contributed by atoms with Crippen LogP contribution in [0.3, 0.4) is 0 Å². The first-order valence-corrected chi connectivity index (χ1v) is 7.27. The maximum Gasteiger partial charge on any atom is 0.213 e. The summed E-state index contributed by atoms with van der Waals surface area (Å²) < 4.78 is 21.9. The molecular weight excluding hydrogens is 234 g/mol. The van der Waals surface area contributed by atoms with E-state index in [0.29, 0.717) is 11.5 Å². The van der Waals surface area contributed by atoms with Gasteiger partial charge in [-0.25, -0.2) is 13.6 Å². The van der Waals surface area contributed by atoms with Gasteiger partial charge in [0.2, 0.25) is 10.0 Å². The summed E-state index contributed by atoms with van der Waals surface area (Å²) in [4.78, 5) is 0. The second kappa shape index (κ2) is 5.47. The van der Waals surface area contributed by atoms with E-state index in [1.54, 1.807) is 0 Å². The smallest absolute Gasteiger partial charge is 0.213 e. The average Bonchev–Trinajstić information content (AvgIpc) is 2.15. The van der Waals surface area contributed by atoms with Crippen LogP contribution in [0.15, 0.2) is 30.8 Å². The highest BCUT2D eigenvalue weighted by Crippen LogP contribution is 2.16. The van der Waals surface area contributed by atoms with Gasteiger partial charge in [-0.05, 0) is 29.0 Å². The fourth-order valence-electron chi connectivity index (χ4n) is 1.67. The Morgan fingerprint density at radius 2 is 1.82 bits per heavy atom. The molecule has 0 saturated carbocycles. The predicted molar refractivity (Wildman–Crippen MR) is 72.0 cm³/mol. The largest absolute Gasteiger partial charge is 0.228 e. The number of nitrogens with two attached hydrogens (primary N) is 1. The van der Waals surface area contributed by atoms with E-state index in [2.05, 4.69) is 20.4 Å². The molecule has 0 aliphatic heterocycles. The molecular formula is C13H19NO2S. The van der Waals surface area contributed by atoms with Gasteiger partial charge < -0.3 is 0 Å². The standard InChI is InChI=1S/C13H19NO2S/c1-10(2)8-12-4-6-13(7-5-12)11(3)9-17(14,15)16/h4-7,10H,3,8-9H2,1-2H3,(H2,14,15,16). The minimum atomic E-state index is -3.50. The van der Waals surface area contributed by atoms with Crippen molar-refractivity contribution >= 4 is 15.6 Å². The van der Waals surface area contributed by atoms with Crippen LogP contribution in [-0.4, -0.2) is 14.2 Å². The molecule has 0 unspecified atom stereocenters. The van der Waals surface area contributed by atoms with Gasteiger partial charge in [-0.1, -0.05) is 44.7 Å². The molecule has 4 heteroatoms. The Bertz CT molecular complexity index is 487. The van der Waals surface area contributed by atoms with Crippen molar-refractivity contribution in [2.75, 3.05) is 5.75 Å². The summed E-state index contributed by atoms with van der Waals surface area (Å²) in [5, 5.41) is 4.98. The highest BCUT2D eigenvalue weighted by molar-refractivity contribution is 7.89. The van der Waals surface area contributed by atoms with Crippen LogP contribution in [0.4, 0.5) is 0 Å². The van der Waals surface area contributed by atoms with E-state index >= 15 is 0 Å². The van der Waals surface area contributed by atoms with Gasteiger partial charge >= 0.3 is 0 Å². The highest BCUT2D eigenvalue weighted by Gasteiger charge is 2.08. The Hall–Kier alpha value is -1.13. The molecule has 0 atom stereocenters. The fraction of sp³-hybridized carbons (Fsp3) is 0.385. The molecule has 1 aromatic carbocycles. The Morgan fingerprint density at radius 3 is 2.24 bits per heavy atom. The van der Waals surface area contributed by atoms with Crippen molar-refractivity contribution in [3.05, 3.63) is 42.0 Å². The summed E-state index contributed by atoms with van der Waals surface area (Å²) in [7, 11) is -3.50. The number of hydrogen-bond acceptors (Lipinski definition) is 2. The zero-order valence-electron chi connectivity index (χ0n) is 10.3. The van der Waals surface area contributed by atoms with Gasteiger partial charge in [0.15, 0.2) is 0 Å². The van der Waals surface area contributed by atoms with Crippen molar-refractivity contribution in [3.8, 4) is 0 Å². The molecule has 2 N–H and O–H groups in total. The zero-order valence-corrected chi connectivity index (χ0v) is 11.1. The van der Waals surface area contributed by atoms with Crippen LogP contribution >= 0.6 is 0 Å². The van der Waals surface area contributed by atoms with Gasteiger partial charge in [0.1, 0.15) is 0 Å². The Labute approximate surface area is 103 Å². The normalized spacial score (nSPS) is 11.8. The first-order chi connectivity index (χ1) is 7.78. The third kappa shape index (κ3) is 5.15. The van der Waals surface area contributed by atoms with Gasteiger partial charge in [-0.3, -0.25) is 0 Å². The number of benzene rings is 1. The Morgan fingerprint density at radius 1 is 1.29 bits per heavy atom. The lowest BCUT2D eigenvalue weighted by molar-refractivity contribution is 0.601. The molecule has 0 heterocycles. The first kappa shape index (κ1) is 13.9. The summed E-state index contributed by atoms with van der Waals surface area (Å²) in [6.45, 7) is 8.06. The lowest BCUT2D eigenvalue weighted by Gasteiger charge is -2.08. The molecule has 0 bridgehead atoms. The van der Waals surface area contributed by atoms with Gasteiger partial charge in [-0.15, -0.1) is 0 Å². The quantitative estimate of drug-likeness (QED) is 0.874. The number of primary sulfonamides is 1. The van der Waals surface area contributed by atoms with Gasteiger partial charge in [0, 0.05) is 0 Å². The lowest BCUT2D eigenvalue weighted by atomic mass is 10.0. The highest BCUT2D eigenvalue weighted by atomic mass is 32.2. The molecule has 0 aliphatic carbocycles. The molecule has 0 radical (unpaired) electrons. The van der Waals surface area contributed by atoms with Crippen LogP contribution in [-0.2, 0) is 16.4 Å². The fourth-order valence-corrected chi connectivity index (χ4v) is 2.33. The second-order valence-corrected chi connectivity index (χ2v) is 6.32. The maximum absolute atomic E-state index is 10.9. The molecule has 17 heavy (non-hydrogen) atoms. The molecule has 1 rings (SSSR count). The van der Waals surface area contributed by atoms with Crippen molar-refractivity contribution in [1.29, 1.82) is 0 Å². The predicted octanol–water partition coefficient (Wildman–Crippen LogP) is 2.19. The van der Waals surface area contributed by atoms with Crippen LogP contribution in [0.25, 0.3) is 5.57 Å². The molecule has 0 amide bonds. The molecule has 3 nitrogen and oxygen atoms in total. The second-order valence-electron chi connectivity index (χ2n) is 4.71. The van der Waals surface area contributed by atoms with Crippen LogP contribution < -0.4 is 5.14 Å². The molecule has 0 saturated heterocycles. The van der Waals surface area contributed by atoms with E-state index < -0.39 is 10.0 Å². The summed E-state index contributed by atoms with van der Waals surface area (Å²) in [6, 6.07) is 7.80. The number of rotatable bonds is 5. The van der Waals surface area contributed by atoms with Crippen LogP contribution in [0.2, 0.25) is 0 Å². The summed E-state index contributed by atoms with van der Waals surface area (Å²) in [6.07, 6.45) is 1.02. The third-order valence-corrected chi connectivity index (χ3v) is 3.13. The molecule has 0 aromatic heterocycles. The first-order valence-electron chi connectivity index (χ1n) is 5.55. The Kier molecular flexibility index (Phi) is 4.48. The van der Waals surface area contributed by atoms with E-state index in [-0.39, 0.29) is 5.75 Å². The van der Waals surface area contributed by atoms with E-state index in [9.17, 15) is 8.42 Å². The zero-order chi connectivity index (χ0) is 13.1. The Balaban J connectivity index is 2.77. The SMILES string of the molecule is C=C(CS(N)(=O)=O)c1ccc(CC(C)C)cc1. The van der Waals surface area contributed by atoms with Crippen LogP contribution in [0.5, 0.6) is 0 Å². The summed E-state index contributed by atoms with van der Waals surface area (Å²) in [5.41, 5.74) is 2.60. The maximum atomic E-state index is 10.9. The number of sulfonamides is 1. The summed E-state index contributed by atoms with van der Waals surface area (Å²) >= 11 is 0. The van der Waals surface area contributed by atoms with E-state index in [4.69, 9.17) is 5.14 Å². The topological polar surface area (TPSA) is 60.2 Å². The third-order valence-electron chi connectivity index (χ3n) is 2.38. The van der Waals surface area contributed by atoms with E-state index in [1.165, 1.54) is 5.56 Å². The van der Waals surface area contributed by atoms with Gasteiger partial charge in [-0.2, -0.15) is 0 Å². The summed E-state index contributed by atoms with van der Waals surface area (Å²) in [5.74, 6) is 0.407. The molecule has 0 spiro atoms. The monoisotopic (exact) mass is 253 g/mol. The molecule has 0 fully saturated rings. The van der Waals surface area contributed by atoms with Crippen LogP contribution in [0, 0.1) is 5.92 Å². The molecule has 94 valence electrons. The van der Waals surface area contributed by atoms with E-state index in [0.717, 1.165) is 12.0 Å². The van der Waals surface area contributed by atoms with Crippen molar-refractivity contribution in [3.63, 3.8) is 0 Å². The van der Waals surface area contributed by atoms with Crippen molar-refractivity contribution in [2.45, 2.75) is 20.3 Å². The van der Waals surface area contributed by atoms with Gasteiger partial charge in [0.25, 0.3) is 0 Å². The van der Waals surface area contributed by atoms with E-state index in [1.807, 2.05) is 24.3 Å². The minimum Gasteiger partial charge on any atom is -0.228 e. The molecule has 1 aromatic rings. The van der Waals surface area contributed by atoms with Crippen molar-refractivity contribution in [1.82, 2.24) is 0 Å².